The second-order valence-corrected chi connectivity index (χ2v) is 4.35. The highest BCUT2D eigenvalue weighted by atomic mass is 16.4. The summed E-state index contributed by atoms with van der Waals surface area (Å²) in [5, 5.41) is 13.6. The van der Waals surface area contributed by atoms with E-state index in [9.17, 15) is 14.4 Å². The first-order chi connectivity index (χ1) is 8.83. The van der Waals surface area contributed by atoms with Crippen molar-refractivity contribution in [1.82, 2.24) is 15.5 Å². The van der Waals surface area contributed by atoms with Crippen LogP contribution in [-0.4, -0.2) is 53.6 Å². The van der Waals surface area contributed by atoms with Gasteiger partial charge in [-0.15, -0.1) is 0 Å². The van der Waals surface area contributed by atoms with Crippen molar-refractivity contribution in [1.29, 1.82) is 0 Å². The Kier molecular flexibility index (Phi) is 7.74. The quantitative estimate of drug-likeness (QED) is 0.618. The van der Waals surface area contributed by atoms with Crippen molar-refractivity contribution in [2.75, 3.05) is 19.6 Å². The van der Waals surface area contributed by atoms with E-state index in [1.54, 1.807) is 25.7 Å². The van der Waals surface area contributed by atoms with E-state index in [0.717, 1.165) is 0 Å². The van der Waals surface area contributed by atoms with Crippen LogP contribution in [0.4, 0.5) is 4.79 Å². The molecule has 0 fully saturated rings. The van der Waals surface area contributed by atoms with Crippen molar-refractivity contribution < 1.29 is 19.5 Å². The molecule has 19 heavy (non-hydrogen) atoms. The van der Waals surface area contributed by atoms with Crippen LogP contribution in [0.5, 0.6) is 0 Å². The first-order valence-corrected chi connectivity index (χ1v) is 6.38. The lowest BCUT2D eigenvalue weighted by Crippen LogP contribution is -2.50. The molecule has 2 unspecified atom stereocenters. The maximum absolute atomic E-state index is 11.8. The summed E-state index contributed by atoms with van der Waals surface area (Å²) in [6, 6.07) is -1.10. The van der Waals surface area contributed by atoms with Gasteiger partial charge in [-0.3, -0.25) is 19.8 Å². The van der Waals surface area contributed by atoms with Crippen LogP contribution in [0.2, 0.25) is 0 Å². The highest BCUT2D eigenvalue weighted by Crippen LogP contribution is 2.05. The number of likely N-dealkylation sites (N-methyl/N-ethyl adjacent to an activating group) is 1. The van der Waals surface area contributed by atoms with Crippen molar-refractivity contribution in [2.45, 2.75) is 33.7 Å². The van der Waals surface area contributed by atoms with Gasteiger partial charge in [-0.2, -0.15) is 0 Å². The summed E-state index contributed by atoms with van der Waals surface area (Å²) < 4.78 is 0. The number of nitrogens with zero attached hydrogens (tertiary/aromatic N) is 1. The second-order valence-electron chi connectivity index (χ2n) is 4.35. The van der Waals surface area contributed by atoms with E-state index in [-0.39, 0.29) is 6.54 Å². The van der Waals surface area contributed by atoms with Crippen LogP contribution in [0.1, 0.15) is 27.7 Å². The zero-order chi connectivity index (χ0) is 15.0. The number of hydrogen-bond donors (Lipinski definition) is 3. The molecule has 0 aliphatic rings. The van der Waals surface area contributed by atoms with Gasteiger partial charge in [0.15, 0.2) is 0 Å². The second kappa shape index (κ2) is 8.47. The van der Waals surface area contributed by atoms with Crippen molar-refractivity contribution >= 4 is 17.9 Å². The average Bonchev–Trinajstić information content (AvgIpc) is 2.34. The van der Waals surface area contributed by atoms with E-state index in [0.29, 0.717) is 13.1 Å². The molecule has 0 radical (unpaired) electrons. The van der Waals surface area contributed by atoms with Crippen LogP contribution in [0.25, 0.3) is 0 Å². The van der Waals surface area contributed by atoms with Gasteiger partial charge in [-0.25, -0.2) is 4.79 Å². The molecule has 0 heterocycles. The molecule has 7 nitrogen and oxygen atoms in total. The minimum Gasteiger partial charge on any atom is -0.481 e. The lowest BCUT2D eigenvalue weighted by atomic mass is 10.1. The molecular weight excluding hydrogens is 250 g/mol. The number of carbonyl (C=O) groups excluding carboxylic acids is 2. The summed E-state index contributed by atoms with van der Waals surface area (Å²) in [4.78, 5) is 35.6. The largest absolute Gasteiger partial charge is 0.481 e. The predicted molar refractivity (Wildman–Crippen MR) is 70.7 cm³/mol. The fraction of sp³-hybridized carbons (Fsp3) is 0.750. The highest BCUT2D eigenvalue weighted by molar-refractivity contribution is 5.96. The van der Waals surface area contributed by atoms with E-state index < -0.39 is 29.9 Å². The van der Waals surface area contributed by atoms with E-state index in [2.05, 4.69) is 10.6 Å². The Morgan fingerprint density at radius 3 is 2.21 bits per heavy atom. The third-order valence-electron chi connectivity index (χ3n) is 2.84. The predicted octanol–water partition coefficient (Wildman–Crippen LogP) is 0.263. The molecule has 0 saturated carbocycles. The molecule has 3 amide bonds. The van der Waals surface area contributed by atoms with Crippen LogP contribution in [0, 0.1) is 5.92 Å². The van der Waals surface area contributed by atoms with Gasteiger partial charge in [0.05, 0.1) is 12.0 Å². The molecule has 0 aliphatic heterocycles. The number of rotatable bonds is 7. The molecular formula is C12H23N3O4. The third-order valence-corrected chi connectivity index (χ3v) is 2.84. The molecule has 0 bridgehead atoms. The SMILES string of the molecule is CCNC(=O)NC(=O)C(C)N(CC)CC(C)C(=O)O. The Bertz CT molecular complexity index is 333. The molecule has 3 N–H and O–H groups in total. The zero-order valence-electron chi connectivity index (χ0n) is 11.9. The number of amides is 3. The Morgan fingerprint density at radius 2 is 1.79 bits per heavy atom. The molecule has 0 rings (SSSR count). The van der Waals surface area contributed by atoms with E-state index in [4.69, 9.17) is 5.11 Å². The van der Waals surface area contributed by atoms with E-state index in [1.807, 2.05) is 6.92 Å². The Labute approximate surface area is 113 Å². The minimum absolute atomic E-state index is 0.260. The minimum atomic E-state index is -0.908. The van der Waals surface area contributed by atoms with Gasteiger partial charge >= 0.3 is 12.0 Å². The van der Waals surface area contributed by atoms with Gasteiger partial charge < -0.3 is 10.4 Å². The maximum atomic E-state index is 11.8. The number of hydrogen-bond acceptors (Lipinski definition) is 4. The molecule has 0 spiro atoms. The smallest absolute Gasteiger partial charge is 0.321 e. The molecule has 0 aliphatic carbocycles. The van der Waals surface area contributed by atoms with E-state index >= 15 is 0 Å². The number of nitrogens with one attached hydrogen (secondary N) is 2. The molecule has 2 atom stereocenters. The molecule has 0 saturated heterocycles. The summed E-state index contributed by atoms with van der Waals surface area (Å²) >= 11 is 0. The van der Waals surface area contributed by atoms with Gasteiger partial charge in [0, 0.05) is 13.1 Å². The third kappa shape index (κ3) is 6.19. The normalized spacial score (nSPS) is 13.7. The lowest BCUT2D eigenvalue weighted by Gasteiger charge is -2.28. The topological polar surface area (TPSA) is 98.7 Å². The summed E-state index contributed by atoms with van der Waals surface area (Å²) in [7, 11) is 0. The van der Waals surface area contributed by atoms with Crippen LogP contribution in [-0.2, 0) is 9.59 Å². The average molecular weight is 273 g/mol. The fourth-order valence-corrected chi connectivity index (χ4v) is 1.58. The zero-order valence-corrected chi connectivity index (χ0v) is 11.9. The first kappa shape index (κ1) is 17.4. The number of carbonyl (C=O) groups is 3. The Morgan fingerprint density at radius 1 is 1.21 bits per heavy atom. The monoisotopic (exact) mass is 273 g/mol. The van der Waals surface area contributed by atoms with Crippen LogP contribution < -0.4 is 10.6 Å². The van der Waals surface area contributed by atoms with Gasteiger partial charge in [-0.05, 0) is 20.4 Å². The Balaban J connectivity index is 4.48. The van der Waals surface area contributed by atoms with Crippen LogP contribution in [0.3, 0.4) is 0 Å². The van der Waals surface area contributed by atoms with Crippen molar-refractivity contribution in [3.8, 4) is 0 Å². The standard InChI is InChI=1S/C12H23N3O4/c1-5-13-12(19)14-10(16)9(4)15(6-2)7-8(3)11(17)18/h8-9H,5-7H2,1-4H3,(H,17,18)(H2,13,14,16,19). The van der Waals surface area contributed by atoms with Gasteiger partial charge in [0.2, 0.25) is 5.91 Å². The first-order valence-electron chi connectivity index (χ1n) is 6.38. The summed E-state index contributed by atoms with van der Waals surface area (Å²) in [6.45, 7) is 8.04. The van der Waals surface area contributed by atoms with Crippen LogP contribution in [0.15, 0.2) is 0 Å². The lowest BCUT2D eigenvalue weighted by molar-refractivity contribution is -0.142. The summed E-state index contributed by atoms with van der Waals surface area (Å²) in [6.07, 6.45) is 0. The number of imide groups is 1. The van der Waals surface area contributed by atoms with Crippen molar-refractivity contribution in [2.24, 2.45) is 5.92 Å². The highest BCUT2D eigenvalue weighted by Gasteiger charge is 2.24. The fourth-order valence-electron chi connectivity index (χ4n) is 1.58. The summed E-state index contributed by atoms with van der Waals surface area (Å²) in [5.74, 6) is -1.92. The molecule has 0 aromatic rings. The maximum Gasteiger partial charge on any atom is 0.321 e. The molecule has 0 aromatic carbocycles. The number of urea groups is 1. The van der Waals surface area contributed by atoms with Gasteiger partial charge in [-0.1, -0.05) is 13.8 Å². The molecule has 110 valence electrons. The van der Waals surface area contributed by atoms with Crippen molar-refractivity contribution in [3.63, 3.8) is 0 Å². The number of carboxylic acids is 1. The molecule has 7 heteroatoms. The van der Waals surface area contributed by atoms with E-state index in [1.165, 1.54) is 0 Å². The van der Waals surface area contributed by atoms with Crippen LogP contribution >= 0.6 is 0 Å². The summed E-state index contributed by atoms with van der Waals surface area (Å²) in [5.41, 5.74) is 0. The van der Waals surface area contributed by atoms with Gasteiger partial charge in [0.1, 0.15) is 0 Å². The number of carboxylic acid groups (broad SMARTS) is 1. The van der Waals surface area contributed by atoms with Crippen molar-refractivity contribution in [3.05, 3.63) is 0 Å². The molecule has 0 aromatic heterocycles. The Hall–Kier alpha value is -1.63. The number of aliphatic carboxylic acids is 1. The van der Waals surface area contributed by atoms with Gasteiger partial charge in [0.25, 0.3) is 0 Å².